The summed E-state index contributed by atoms with van der Waals surface area (Å²) in [5.41, 5.74) is 2.93. The van der Waals surface area contributed by atoms with Crippen LogP contribution >= 0.6 is 0 Å². The van der Waals surface area contributed by atoms with Crippen molar-refractivity contribution in [3.05, 3.63) is 53.4 Å². The first kappa shape index (κ1) is 12.8. The fourth-order valence-electron chi connectivity index (χ4n) is 2.75. The Morgan fingerprint density at radius 1 is 1.35 bits per heavy atom. The van der Waals surface area contributed by atoms with Crippen molar-refractivity contribution in [1.82, 2.24) is 0 Å². The summed E-state index contributed by atoms with van der Waals surface area (Å²) in [5.74, 6) is 0.558. The van der Waals surface area contributed by atoms with E-state index in [1.54, 1.807) is 0 Å². The summed E-state index contributed by atoms with van der Waals surface area (Å²) >= 11 is 0. The van der Waals surface area contributed by atoms with Crippen molar-refractivity contribution >= 4 is 11.7 Å². The van der Waals surface area contributed by atoms with Crippen LogP contribution in [0, 0.1) is 5.92 Å². The molecule has 1 heterocycles. The van der Waals surface area contributed by atoms with Crippen molar-refractivity contribution in [3.8, 4) is 0 Å². The highest BCUT2D eigenvalue weighted by Crippen LogP contribution is 2.39. The molecule has 0 saturated carbocycles. The SMILES string of the molecule is COC(=O)C1=CCC2=C(OCN2c2ccccc2)[C@H]1C. The zero-order valence-electron chi connectivity index (χ0n) is 11.6. The molecule has 0 bridgehead atoms. The largest absolute Gasteiger partial charge is 0.475 e. The van der Waals surface area contributed by atoms with Crippen LogP contribution in [0.2, 0.25) is 0 Å². The third kappa shape index (κ3) is 1.97. The molecule has 1 aromatic carbocycles. The van der Waals surface area contributed by atoms with Crippen LogP contribution < -0.4 is 4.90 Å². The maximum Gasteiger partial charge on any atom is 0.334 e. The highest BCUT2D eigenvalue weighted by atomic mass is 16.5. The van der Waals surface area contributed by atoms with Gasteiger partial charge in [-0.3, -0.25) is 0 Å². The summed E-state index contributed by atoms with van der Waals surface area (Å²) < 4.78 is 10.6. The van der Waals surface area contributed by atoms with E-state index in [2.05, 4.69) is 17.0 Å². The van der Waals surface area contributed by atoms with E-state index in [0.29, 0.717) is 18.7 Å². The Balaban J connectivity index is 1.89. The number of rotatable bonds is 2. The molecule has 2 aliphatic rings. The van der Waals surface area contributed by atoms with Crippen molar-refractivity contribution in [1.29, 1.82) is 0 Å². The van der Waals surface area contributed by atoms with Crippen LogP contribution in [0.3, 0.4) is 0 Å². The van der Waals surface area contributed by atoms with E-state index in [1.807, 2.05) is 31.2 Å². The number of esters is 1. The molecule has 3 rings (SSSR count). The molecule has 4 nitrogen and oxygen atoms in total. The molecule has 4 heteroatoms. The van der Waals surface area contributed by atoms with Crippen LogP contribution in [0.15, 0.2) is 53.4 Å². The fourth-order valence-corrected chi connectivity index (χ4v) is 2.75. The van der Waals surface area contributed by atoms with Crippen LogP contribution in [0.5, 0.6) is 0 Å². The first-order valence-corrected chi connectivity index (χ1v) is 6.69. The zero-order chi connectivity index (χ0) is 14.1. The summed E-state index contributed by atoms with van der Waals surface area (Å²) in [6.45, 7) is 2.48. The molecule has 0 N–H and O–H groups in total. The van der Waals surface area contributed by atoms with Gasteiger partial charge in [0.2, 0.25) is 0 Å². The maximum atomic E-state index is 11.7. The van der Waals surface area contributed by atoms with Gasteiger partial charge in [0.25, 0.3) is 0 Å². The lowest BCUT2D eigenvalue weighted by atomic mass is 9.91. The number of benzene rings is 1. The predicted octanol–water partition coefficient (Wildman–Crippen LogP) is 2.83. The second kappa shape index (κ2) is 5.04. The van der Waals surface area contributed by atoms with E-state index in [1.165, 1.54) is 7.11 Å². The number of methoxy groups -OCH3 is 1. The topological polar surface area (TPSA) is 38.8 Å². The molecule has 104 valence electrons. The highest BCUT2D eigenvalue weighted by molar-refractivity contribution is 5.90. The molecule has 1 aliphatic carbocycles. The lowest BCUT2D eigenvalue weighted by Crippen LogP contribution is -2.22. The van der Waals surface area contributed by atoms with Gasteiger partial charge in [-0.05, 0) is 12.1 Å². The number of hydrogen-bond donors (Lipinski definition) is 0. The molecule has 1 aliphatic heterocycles. The zero-order valence-corrected chi connectivity index (χ0v) is 11.6. The lowest BCUT2D eigenvalue weighted by Gasteiger charge is -2.23. The van der Waals surface area contributed by atoms with Crippen molar-refractivity contribution < 1.29 is 14.3 Å². The van der Waals surface area contributed by atoms with E-state index in [-0.39, 0.29) is 11.9 Å². The molecule has 0 aromatic heterocycles. The number of anilines is 1. The van der Waals surface area contributed by atoms with Crippen LogP contribution in [-0.4, -0.2) is 19.8 Å². The third-order valence-electron chi connectivity index (χ3n) is 3.82. The maximum absolute atomic E-state index is 11.7. The normalized spacial score (nSPS) is 21.2. The highest BCUT2D eigenvalue weighted by Gasteiger charge is 2.35. The first-order chi connectivity index (χ1) is 9.72. The average molecular weight is 271 g/mol. The molecule has 0 spiro atoms. The summed E-state index contributed by atoms with van der Waals surface area (Å²) in [7, 11) is 1.41. The van der Waals surface area contributed by atoms with Gasteiger partial charge >= 0.3 is 5.97 Å². The Morgan fingerprint density at radius 2 is 2.10 bits per heavy atom. The number of allylic oxidation sites excluding steroid dienone is 2. The van der Waals surface area contributed by atoms with Gasteiger partial charge < -0.3 is 14.4 Å². The fraction of sp³-hybridized carbons (Fsp3) is 0.312. The molecule has 0 unspecified atom stereocenters. The minimum atomic E-state index is -0.272. The minimum Gasteiger partial charge on any atom is -0.475 e. The quantitative estimate of drug-likeness (QED) is 0.775. The minimum absolute atomic E-state index is 0.0556. The second-order valence-corrected chi connectivity index (χ2v) is 4.92. The Kier molecular flexibility index (Phi) is 3.22. The number of ether oxygens (including phenoxy) is 2. The molecule has 1 atom stereocenters. The summed E-state index contributed by atoms with van der Waals surface area (Å²) in [6.07, 6.45) is 2.64. The number of carbonyl (C=O) groups excluding carboxylic acids is 1. The molecular formula is C16H17NO3. The number of nitrogens with zero attached hydrogens (tertiary/aromatic N) is 1. The van der Waals surface area contributed by atoms with Crippen LogP contribution in [0.4, 0.5) is 5.69 Å². The number of carbonyl (C=O) groups is 1. The summed E-state index contributed by atoms with van der Waals surface area (Å²) in [5, 5.41) is 0. The van der Waals surface area contributed by atoms with Gasteiger partial charge in [-0.25, -0.2) is 4.79 Å². The summed E-state index contributed by atoms with van der Waals surface area (Å²) in [6, 6.07) is 10.1. The van der Waals surface area contributed by atoms with Crippen LogP contribution in [0.25, 0.3) is 0 Å². The molecule has 0 saturated heterocycles. The van der Waals surface area contributed by atoms with Gasteiger partial charge in [-0.2, -0.15) is 0 Å². The number of para-hydroxylation sites is 1. The van der Waals surface area contributed by atoms with E-state index in [9.17, 15) is 4.79 Å². The van der Waals surface area contributed by atoms with Gasteiger partial charge in [0, 0.05) is 23.6 Å². The summed E-state index contributed by atoms with van der Waals surface area (Å²) in [4.78, 5) is 13.9. The second-order valence-electron chi connectivity index (χ2n) is 4.92. The molecular weight excluding hydrogens is 254 g/mol. The van der Waals surface area contributed by atoms with Crippen LogP contribution in [0.1, 0.15) is 13.3 Å². The van der Waals surface area contributed by atoms with E-state index < -0.39 is 0 Å². The van der Waals surface area contributed by atoms with Crippen molar-refractivity contribution in [2.24, 2.45) is 5.92 Å². The first-order valence-electron chi connectivity index (χ1n) is 6.69. The molecule has 0 fully saturated rings. The van der Waals surface area contributed by atoms with Crippen molar-refractivity contribution in [2.45, 2.75) is 13.3 Å². The van der Waals surface area contributed by atoms with Gasteiger partial charge in [0.15, 0.2) is 6.73 Å². The predicted molar refractivity (Wildman–Crippen MR) is 75.8 cm³/mol. The molecule has 0 radical (unpaired) electrons. The number of hydrogen-bond acceptors (Lipinski definition) is 4. The lowest BCUT2D eigenvalue weighted by molar-refractivity contribution is -0.136. The van der Waals surface area contributed by atoms with Gasteiger partial charge in [-0.1, -0.05) is 31.2 Å². The molecule has 1 aromatic rings. The third-order valence-corrected chi connectivity index (χ3v) is 3.82. The molecule has 20 heavy (non-hydrogen) atoms. The molecule has 0 amide bonds. The monoisotopic (exact) mass is 271 g/mol. The van der Waals surface area contributed by atoms with Gasteiger partial charge in [-0.15, -0.1) is 0 Å². The van der Waals surface area contributed by atoms with Crippen molar-refractivity contribution in [2.75, 3.05) is 18.7 Å². The van der Waals surface area contributed by atoms with Crippen LogP contribution in [-0.2, 0) is 14.3 Å². The average Bonchev–Trinajstić information content (AvgIpc) is 2.92. The van der Waals surface area contributed by atoms with Gasteiger partial charge in [0.05, 0.1) is 12.8 Å². The Bertz CT molecular complexity index is 589. The Morgan fingerprint density at radius 3 is 2.80 bits per heavy atom. The van der Waals surface area contributed by atoms with Crippen molar-refractivity contribution in [3.63, 3.8) is 0 Å². The van der Waals surface area contributed by atoms with E-state index in [4.69, 9.17) is 9.47 Å². The standard InChI is InChI=1S/C16H17NO3/c1-11-13(16(18)19-2)8-9-14-15(11)20-10-17(14)12-6-4-3-5-7-12/h3-8,11H,9-10H2,1-2H3/t11-/m0/s1. The smallest absolute Gasteiger partial charge is 0.334 e. The Hall–Kier alpha value is -2.23. The Labute approximate surface area is 118 Å². The van der Waals surface area contributed by atoms with E-state index >= 15 is 0 Å². The van der Waals surface area contributed by atoms with E-state index in [0.717, 1.165) is 17.1 Å². The van der Waals surface area contributed by atoms with Gasteiger partial charge in [0.1, 0.15) is 5.76 Å².